The third-order valence-corrected chi connectivity index (χ3v) is 2.23. The topological polar surface area (TPSA) is 49.1 Å². The third-order valence-electron chi connectivity index (χ3n) is 2.23. The second-order valence-electron chi connectivity index (χ2n) is 3.08. The molecule has 0 unspecified atom stereocenters. The lowest BCUT2D eigenvalue weighted by Crippen LogP contribution is -1.97. The maximum atomic E-state index is 9.67. The molecule has 1 N–H and O–H groups in total. The zero-order valence-electron chi connectivity index (χ0n) is 10.5. The molecule has 2 rings (SSSR count). The van der Waals surface area contributed by atoms with E-state index in [1.54, 1.807) is 19.2 Å². The highest BCUT2D eigenvalue weighted by Gasteiger charge is 2.35. The Kier molecular flexibility index (Phi) is 4.15. The van der Waals surface area contributed by atoms with Gasteiger partial charge in [-0.3, -0.25) is 4.79 Å². The third kappa shape index (κ3) is 2.25. The Hall–Kier alpha value is -1.97. The van der Waals surface area contributed by atoms with E-state index in [2.05, 4.69) is 6.58 Å². The lowest BCUT2D eigenvalue weighted by molar-refractivity contribution is 0.367. The van der Waals surface area contributed by atoms with Crippen molar-refractivity contribution >= 4 is 5.78 Å². The summed E-state index contributed by atoms with van der Waals surface area (Å²) in [6.07, 6.45) is 0. The van der Waals surface area contributed by atoms with Gasteiger partial charge in [-0.25, -0.2) is 0 Å². The average Bonchev–Trinajstić information content (AvgIpc) is 2.67. The van der Waals surface area contributed by atoms with E-state index in [1.165, 1.54) is 7.11 Å². The minimum Gasteiger partial charge on any atom is -0.497 e. The molecule has 1 aliphatic rings. The first-order valence-corrected chi connectivity index (χ1v) is 5.36. The van der Waals surface area contributed by atoms with Gasteiger partial charge < -0.3 is 14.2 Å². The summed E-state index contributed by atoms with van der Waals surface area (Å²) in [4.78, 5) is 9.67. The van der Waals surface area contributed by atoms with Crippen LogP contribution in [0.1, 0.15) is 19.4 Å². The minimum absolute atomic E-state index is 0.0159. The van der Waals surface area contributed by atoms with E-state index in [0.29, 0.717) is 22.8 Å². The van der Waals surface area contributed by atoms with Crippen molar-refractivity contribution in [3.05, 3.63) is 30.0 Å². The molecule has 0 spiro atoms. The number of allylic oxidation sites excluding steroid dienone is 1. The van der Waals surface area contributed by atoms with Gasteiger partial charge in [0, 0.05) is 12.1 Å². The molecule has 0 radical (unpaired) electrons. The highest BCUT2D eigenvalue weighted by molar-refractivity contribution is 6.13. The van der Waals surface area contributed by atoms with E-state index >= 15 is 0 Å². The first kappa shape index (κ1) is 13.1. The van der Waals surface area contributed by atoms with Crippen LogP contribution in [-0.2, 0) is 0 Å². The van der Waals surface area contributed by atoms with Gasteiger partial charge in [0.2, 0.25) is 5.76 Å². The fraction of sp³-hybridized carbons (Fsp3) is 0.308. The standard InChI is InChI=1S/C11H10O4.C2H6/c1-6-10(12)8-4-7(13-2)5-9(14-3)11(8)15-6;1-2/h4-5H,1H2,2-3H3;1-2H3/p+1. The molecule has 17 heavy (non-hydrogen) atoms. The molecule has 0 fully saturated rings. The highest BCUT2D eigenvalue weighted by Crippen LogP contribution is 2.41. The van der Waals surface area contributed by atoms with E-state index in [9.17, 15) is 4.79 Å². The summed E-state index contributed by atoms with van der Waals surface area (Å²) < 4.78 is 15.5. The molecule has 0 bridgehead atoms. The first-order chi connectivity index (χ1) is 8.17. The maximum Gasteiger partial charge on any atom is 0.392 e. The van der Waals surface area contributed by atoms with Crippen molar-refractivity contribution in [1.82, 2.24) is 0 Å². The molecule has 4 nitrogen and oxygen atoms in total. The Morgan fingerprint density at radius 3 is 2.35 bits per heavy atom. The maximum absolute atomic E-state index is 9.67. The monoisotopic (exact) mass is 237 g/mol. The van der Waals surface area contributed by atoms with E-state index < -0.39 is 0 Å². The van der Waals surface area contributed by atoms with Gasteiger partial charge in [-0.2, -0.15) is 0 Å². The Balaban J connectivity index is 0.000000686. The van der Waals surface area contributed by atoms with Crippen LogP contribution in [0.5, 0.6) is 17.2 Å². The molecule has 0 atom stereocenters. The summed E-state index contributed by atoms with van der Waals surface area (Å²) in [7, 11) is 3.07. The van der Waals surface area contributed by atoms with Gasteiger partial charge in [-0.05, 0) is 6.58 Å². The number of hydrogen-bond donors (Lipinski definition) is 0. The Morgan fingerprint density at radius 1 is 1.18 bits per heavy atom. The predicted octanol–water partition coefficient (Wildman–Crippen LogP) is 2.53. The summed E-state index contributed by atoms with van der Waals surface area (Å²) >= 11 is 0. The van der Waals surface area contributed by atoms with Crippen LogP contribution < -0.4 is 14.2 Å². The van der Waals surface area contributed by atoms with E-state index in [-0.39, 0.29) is 11.5 Å². The van der Waals surface area contributed by atoms with Gasteiger partial charge in [0.25, 0.3) is 0 Å². The number of carbonyl (C=O) groups excluding carboxylic acids is 1. The number of ketones is 1. The van der Waals surface area contributed by atoms with Crippen LogP contribution >= 0.6 is 0 Å². The molecule has 0 aliphatic carbocycles. The quantitative estimate of drug-likeness (QED) is 0.586. The number of rotatable bonds is 2. The molecule has 4 heteroatoms. The van der Waals surface area contributed by atoms with Crippen molar-refractivity contribution in [3.63, 3.8) is 0 Å². The van der Waals surface area contributed by atoms with E-state index in [0.717, 1.165) is 0 Å². The number of benzene rings is 1. The fourth-order valence-corrected chi connectivity index (χ4v) is 1.45. The van der Waals surface area contributed by atoms with Crippen LogP contribution in [0.3, 0.4) is 0 Å². The lowest BCUT2D eigenvalue weighted by atomic mass is 10.1. The van der Waals surface area contributed by atoms with Crippen LogP contribution in [0, 0.1) is 0 Å². The lowest BCUT2D eigenvalue weighted by Gasteiger charge is -2.06. The predicted molar refractivity (Wildman–Crippen MR) is 66.7 cm³/mol. The Bertz CT molecular complexity index is 449. The van der Waals surface area contributed by atoms with Crippen LogP contribution in [0.15, 0.2) is 24.5 Å². The van der Waals surface area contributed by atoms with Gasteiger partial charge in [-0.15, -0.1) is 0 Å². The zero-order valence-corrected chi connectivity index (χ0v) is 10.5. The molecular weight excluding hydrogens is 220 g/mol. The molecule has 1 aromatic carbocycles. The second kappa shape index (κ2) is 5.39. The van der Waals surface area contributed by atoms with Crippen molar-refractivity contribution in [2.75, 3.05) is 14.2 Å². The zero-order chi connectivity index (χ0) is 13.0. The van der Waals surface area contributed by atoms with E-state index in [1.807, 2.05) is 13.8 Å². The van der Waals surface area contributed by atoms with Gasteiger partial charge in [0.1, 0.15) is 11.3 Å². The number of fused-ring (bicyclic) bond motifs is 1. The first-order valence-electron chi connectivity index (χ1n) is 5.36. The summed E-state index contributed by atoms with van der Waals surface area (Å²) in [6.45, 7) is 7.58. The number of hydrogen-bond acceptors (Lipinski definition) is 3. The molecular formula is C13H17O4+. The molecule has 0 saturated carbocycles. The normalized spacial score (nSPS) is 12.2. The summed E-state index contributed by atoms with van der Waals surface area (Å²) in [5.41, 5.74) is 0.538. The van der Waals surface area contributed by atoms with Crippen molar-refractivity contribution in [3.8, 4) is 17.2 Å². The van der Waals surface area contributed by atoms with Gasteiger partial charge >= 0.3 is 5.78 Å². The molecule has 0 amide bonds. The molecule has 1 aliphatic heterocycles. The van der Waals surface area contributed by atoms with Crippen LogP contribution in [0.25, 0.3) is 0 Å². The van der Waals surface area contributed by atoms with Crippen molar-refractivity contribution in [1.29, 1.82) is 0 Å². The van der Waals surface area contributed by atoms with Gasteiger partial charge in [-0.1, -0.05) is 13.8 Å². The minimum atomic E-state index is 0.0159. The Labute approximate surface area is 101 Å². The molecule has 0 aromatic heterocycles. The van der Waals surface area contributed by atoms with Crippen molar-refractivity contribution < 1.29 is 19.0 Å². The van der Waals surface area contributed by atoms with Gasteiger partial charge in [0.05, 0.1) is 14.2 Å². The van der Waals surface area contributed by atoms with Crippen molar-refractivity contribution in [2.45, 2.75) is 13.8 Å². The summed E-state index contributed by atoms with van der Waals surface area (Å²) in [6, 6.07) is 3.36. The summed E-state index contributed by atoms with van der Waals surface area (Å²) in [5, 5.41) is 0. The Morgan fingerprint density at radius 2 is 1.82 bits per heavy atom. The molecule has 0 saturated heterocycles. The van der Waals surface area contributed by atoms with Crippen molar-refractivity contribution in [2.24, 2.45) is 0 Å². The molecule has 92 valence electrons. The second-order valence-corrected chi connectivity index (χ2v) is 3.08. The highest BCUT2D eigenvalue weighted by atomic mass is 16.5. The average molecular weight is 237 g/mol. The largest absolute Gasteiger partial charge is 0.497 e. The van der Waals surface area contributed by atoms with Gasteiger partial charge in [0.15, 0.2) is 11.5 Å². The fourth-order valence-electron chi connectivity index (χ4n) is 1.45. The number of methoxy groups -OCH3 is 2. The SMILES string of the molecule is C=C1Oc2c(OC)cc(OC)cc2C1=[OH+].CC. The summed E-state index contributed by atoms with van der Waals surface area (Å²) in [5.74, 6) is 1.81. The van der Waals surface area contributed by atoms with Crippen LogP contribution in [0.4, 0.5) is 0 Å². The smallest absolute Gasteiger partial charge is 0.392 e. The molecule has 1 aromatic rings. The van der Waals surface area contributed by atoms with Crippen LogP contribution in [-0.4, -0.2) is 24.8 Å². The van der Waals surface area contributed by atoms with E-state index in [4.69, 9.17) is 14.2 Å². The molecule has 1 heterocycles. The van der Waals surface area contributed by atoms with Crippen LogP contribution in [0.2, 0.25) is 0 Å². The number of ether oxygens (including phenoxy) is 3.